The third-order valence-electron chi connectivity index (χ3n) is 5.87. The van der Waals surface area contributed by atoms with E-state index in [-0.39, 0.29) is 0 Å². The topological polar surface area (TPSA) is 15.3 Å². The van der Waals surface area contributed by atoms with E-state index in [0.29, 0.717) is 5.41 Å². The Hall–Kier alpha value is 0.270. The van der Waals surface area contributed by atoms with Crippen molar-refractivity contribution in [3.05, 3.63) is 0 Å². The third kappa shape index (κ3) is 3.05. The van der Waals surface area contributed by atoms with Crippen molar-refractivity contribution in [3.63, 3.8) is 0 Å². The van der Waals surface area contributed by atoms with Gasteiger partial charge in [-0.05, 0) is 56.2 Å². The van der Waals surface area contributed by atoms with Crippen molar-refractivity contribution in [1.29, 1.82) is 0 Å². The highest BCUT2D eigenvalue weighted by atomic mass is 32.2. The molecular weight excluding hydrogens is 264 g/mol. The Morgan fingerprint density at radius 1 is 1.20 bits per heavy atom. The normalized spacial score (nSPS) is 40.2. The van der Waals surface area contributed by atoms with Crippen molar-refractivity contribution in [2.45, 2.75) is 83.5 Å². The van der Waals surface area contributed by atoms with Crippen LogP contribution in [0.2, 0.25) is 0 Å². The molecule has 3 rings (SSSR count). The fourth-order valence-electron chi connectivity index (χ4n) is 4.62. The van der Waals surface area contributed by atoms with E-state index in [1.165, 1.54) is 56.6 Å². The predicted molar refractivity (Wildman–Crippen MR) is 89.5 cm³/mol. The van der Waals surface area contributed by atoms with Gasteiger partial charge in [0.1, 0.15) is 0 Å². The van der Waals surface area contributed by atoms with Gasteiger partial charge in [-0.3, -0.25) is 4.90 Å². The van der Waals surface area contributed by atoms with E-state index in [2.05, 4.69) is 42.7 Å². The number of nitrogens with one attached hydrogen (secondary N) is 1. The molecule has 0 aromatic carbocycles. The molecule has 2 bridgehead atoms. The Kier molecular flexibility index (Phi) is 4.69. The molecule has 3 heteroatoms. The fraction of sp³-hybridized carbons (Fsp3) is 1.00. The maximum absolute atomic E-state index is 3.81. The molecule has 1 N–H and O–H groups in total. The van der Waals surface area contributed by atoms with Crippen molar-refractivity contribution >= 4 is 11.8 Å². The second-order valence-electron chi connectivity index (χ2n) is 7.83. The summed E-state index contributed by atoms with van der Waals surface area (Å²) in [5, 5.41) is 3.81. The lowest BCUT2D eigenvalue weighted by atomic mass is 9.80. The van der Waals surface area contributed by atoms with Gasteiger partial charge >= 0.3 is 0 Å². The lowest BCUT2D eigenvalue weighted by molar-refractivity contribution is 0.0368. The molecule has 3 aliphatic rings. The first-order chi connectivity index (χ1) is 9.60. The summed E-state index contributed by atoms with van der Waals surface area (Å²) in [6, 6.07) is 3.27. The summed E-state index contributed by atoms with van der Waals surface area (Å²) >= 11 is 2.18. The summed E-state index contributed by atoms with van der Waals surface area (Å²) in [5.41, 5.74) is 0.504. The average Bonchev–Trinajstić information content (AvgIpc) is 2.75. The van der Waals surface area contributed by atoms with Crippen LogP contribution in [0, 0.1) is 5.41 Å². The molecule has 2 nitrogen and oxygen atoms in total. The van der Waals surface area contributed by atoms with Gasteiger partial charge in [-0.15, -0.1) is 0 Å². The van der Waals surface area contributed by atoms with Crippen LogP contribution in [-0.2, 0) is 0 Å². The van der Waals surface area contributed by atoms with Crippen molar-refractivity contribution in [3.8, 4) is 0 Å². The smallest absolute Gasteiger partial charge is 0.0240 e. The Morgan fingerprint density at radius 2 is 1.90 bits per heavy atom. The number of thioether (sulfide) groups is 1. The van der Waals surface area contributed by atoms with Crippen LogP contribution in [0.4, 0.5) is 0 Å². The zero-order valence-corrected chi connectivity index (χ0v) is 14.3. The molecule has 0 radical (unpaired) electrons. The van der Waals surface area contributed by atoms with E-state index < -0.39 is 0 Å². The van der Waals surface area contributed by atoms with Crippen molar-refractivity contribution in [2.75, 3.05) is 18.1 Å². The minimum Gasteiger partial charge on any atom is -0.311 e. The molecule has 3 saturated heterocycles. The molecule has 0 aliphatic carbocycles. The summed E-state index contributed by atoms with van der Waals surface area (Å²) < 4.78 is 0. The van der Waals surface area contributed by atoms with Crippen molar-refractivity contribution in [2.24, 2.45) is 5.41 Å². The highest BCUT2D eigenvalue weighted by molar-refractivity contribution is 7.99. The molecule has 3 fully saturated rings. The molecule has 0 aromatic heterocycles. The molecule has 3 unspecified atom stereocenters. The third-order valence-corrected chi connectivity index (χ3v) is 6.91. The second-order valence-corrected chi connectivity index (χ2v) is 8.98. The predicted octanol–water partition coefficient (Wildman–Crippen LogP) is 3.51. The standard InChI is InChI=1S/C17H32N2S/c1-4-8-19(16-12-20-9-7-17(16,2)3)15-10-13-5-6-14(11-15)18-13/h13-16,18H,4-12H2,1-3H3. The van der Waals surface area contributed by atoms with E-state index in [0.717, 1.165) is 24.2 Å². The van der Waals surface area contributed by atoms with Crippen LogP contribution < -0.4 is 5.32 Å². The van der Waals surface area contributed by atoms with Crippen LogP contribution in [0.1, 0.15) is 59.3 Å². The molecule has 0 spiro atoms. The Bertz CT molecular complexity index is 319. The second kappa shape index (κ2) is 6.18. The van der Waals surface area contributed by atoms with E-state index >= 15 is 0 Å². The fourth-order valence-corrected chi connectivity index (χ4v) is 6.32. The Morgan fingerprint density at radius 3 is 2.50 bits per heavy atom. The number of nitrogens with zero attached hydrogens (tertiary/aromatic N) is 1. The van der Waals surface area contributed by atoms with Gasteiger partial charge in [-0.25, -0.2) is 0 Å². The van der Waals surface area contributed by atoms with Crippen molar-refractivity contribution in [1.82, 2.24) is 10.2 Å². The van der Waals surface area contributed by atoms with Gasteiger partial charge in [-0.2, -0.15) is 11.8 Å². The number of hydrogen-bond donors (Lipinski definition) is 1. The molecule has 3 heterocycles. The summed E-state index contributed by atoms with van der Waals surface area (Å²) in [4.78, 5) is 2.93. The van der Waals surface area contributed by atoms with Crippen LogP contribution in [0.25, 0.3) is 0 Å². The maximum Gasteiger partial charge on any atom is 0.0240 e. The summed E-state index contributed by atoms with van der Waals surface area (Å²) in [6.45, 7) is 8.68. The zero-order valence-electron chi connectivity index (χ0n) is 13.5. The van der Waals surface area contributed by atoms with Gasteiger partial charge in [0, 0.05) is 29.9 Å². The Labute approximate surface area is 129 Å². The van der Waals surface area contributed by atoms with Crippen LogP contribution in [-0.4, -0.2) is 47.1 Å². The highest BCUT2D eigenvalue weighted by Gasteiger charge is 2.42. The Balaban J connectivity index is 1.74. The highest BCUT2D eigenvalue weighted by Crippen LogP contribution is 2.40. The quantitative estimate of drug-likeness (QED) is 0.854. The van der Waals surface area contributed by atoms with E-state index in [1.807, 2.05) is 0 Å². The van der Waals surface area contributed by atoms with Gasteiger partial charge in [0.15, 0.2) is 0 Å². The van der Waals surface area contributed by atoms with Crippen LogP contribution in [0.5, 0.6) is 0 Å². The largest absolute Gasteiger partial charge is 0.311 e. The number of hydrogen-bond acceptors (Lipinski definition) is 3. The molecule has 20 heavy (non-hydrogen) atoms. The van der Waals surface area contributed by atoms with Gasteiger partial charge in [0.25, 0.3) is 0 Å². The number of fused-ring (bicyclic) bond motifs is 2. The van der Waals surface area contributed by atoms with Crippen LogP contribution >= 0.6 is 11.8 Å². The van der Waals surface area contributed by atoms with Gasteiger partial charge in [-0.1, -0.05) is 20.8 Å². The van der Waals surface area contributed by atoms with Crippen LogP contribution in [0.3, 0.4) is 0 Å². The molecule has 3 aliphatic heterocycles. The molecule has 0 saturated carbocycles. The van der Waals surface area contributed by atoms with E-state index in [4.69, 9.17) is 0 Å². The summed E-state index contributed by atoms with van der Waals surface area (Å²) in [6.07, 6.45) is 8.33. The summed E-state index contributed by atoms with van der Waals surface area (Å²) in [7, 11) is 0. The number of rotatable bonds is 4. The van der Waals surface area contributed by atoms with Gasteiger partial charge in [0.05, 0.1) is 0 Å². The lowest BCUT2D eigenvalue weighted by Crippen LogP contribution is -2.57. The first-order valence-electron chi connectivity index (χ1n) is 8.69. The molecular formula is C17H32N2S. The first kappa shape index (κ1) is 15.2. The number of piperidine rings is 1. The monoisotopic (exact) mass is 296 g/mol. The average molecular weight is 297 g/mol. The summed E-state index contributed by atoms with van der Waals surface area (Å²) in [5.74, 6) is 2.72. The molecule has 0 aromatic rings. The van der Waals surface area contributed by atoms with Crippen LogP contribution in [0.15, 0.2) is 0 Å². The first-order valence-corrected chi connectivity index (χ1v) is 9.85. The van der Waals surface area contributed by atoms with Gasteiger partial charge in [0.2, 0.25) is 0 Å². The maximum atomic E-state index is 3.81. The minimum atomic E-state index is 0.504. The lowest BCUT2D eigenvalue weighted by Gasteiger charge is -2.50. The minimum absolute atomic E-state index is 0.504. The molecule has 0 amide bonds. The molecule has 116 valence electrons. The van der Waals surface area contributed by atoms with Crippen molar-refractivity contribution < 1.29 is 0 Å². The van der Waals surface area contributed by atoms with Gasteiger partial charge < -0.3 is 5.32 Å². The zero-order chi connectivity index (χ0) is 14.2. The van der Waals surface area contributed by atoms with E-state index in [9.17, 15) is 0 Å². The SMILES string of the molecule is CCCN(C1CC2CCC(C1)N2)C1CSCCC1(C)C. The van der Waals surface area contributed by atoms with E-state index in [1.54, 1.807) is 0 Å². The molecule has 3 atom stereocenters.